The Labute approximate surface area is 119 Å². The molecule has 0 radical (unpaired) electrons. The number of hydrogen-bond donors (Lipinski definition) is 1. The fraction of sp³-hybridized carbons (Fsp3) is 1.00. The summed E-state index contributed by atoms with van der Waals surface area (Å²) in [5.74, 6) is 0. The van der Waals surface area contributed by atoms with Gasteiger partial charge in [0.2, 0.25) is 0 Å². The van der Waals surface area contributed by atoms with Gasteiger partial charge in [0.1, 0.15) is 0 Å². The van der Waals surface area contributed by atoms with Gasteiger partial charge in [0, 0.05) is 39.4 Å². The van der Waals surface area contributed by atoms with Crippen LogP contribution >= 0.6 is 0 Å². The fourth-order valence-corrected chi connectivity index (χ4v) is 2.41. The van der Waals surface area contributed by atoms with Crippen LogP contribution in [0.4, 0.5) is 0 Å². The molecule has 0 saturated heterocycles. The van der Waals surface area contributed by atoms with Gasteiger partial charge in [0.25, 0.3) is 0 Å². The van der Waals surface area contributed by atoms with Gasteiger partial charge in [0.15, 0.2) is 0 Å². The minimum Gasteiger partial charge on any atom is -0.383 e. The molecule has 0 aliphatic heterocycles. The molecular formula is C15H34N2O2. The molecule has 0 fully saturated rings. The number of hydrogen-bond acceptors (Lipinski definition) is 4. The van der Waals surface area contributed by atoms with Crippen LogP contribution in [0.25, 0.3) is 0 Å². The summed E-state index contributed by atoms with van der Waals surface area (Å²) >= 11 is 0. The van der Waals surface area contributed by atoms with E-state index in [-0.39, 0.29) is 5.41 Å². The zero-order valence-electron chi connectivity index (χ0n) is 14.0. The summed E-state index contributed by atoms with van der Waals surface area (Å²) in [5.41, 5.74) is 0.284. The second kappa shape index (κ2) is 9.70. The summed E-state index contributed by atoms with van der Waals surface area (Å²) in [4.78, 5) is 2.45. The molecular weight excluding hydrogens is 240 g/mol. The maximum Gasteiger partial charge on any atom is 0.0615 e. The van der Waals surface area contributed by atoms with Gasteiger partial charge in [-0.05, 0) is 25.8 Å². The lowest BCUT2D eigenvalue weighted by atomic mass is 9.85. The van der Waals surface area contributed by atoms with Crippen LogP contribution in [-0.2, 0) is 9.47 Å². The van der Waals surface area contributed by atoms with E-state index in [4.69, 9.17) is 9.47 Å². The minimum atomic E-state index is 0.284. The van der Waals surface area contributed by atoms with E-state index >= 15 is 0 Å². The Bertz CT molecular complexity index is 217. The first-order chi connectivity index (χ1) is 8.86. The average Bonchev–Trinajstić information content (AvgIpc) is 2.32. The third kappa shape index (κ3) is 7.88. The number of nitrogens with zero attached hydrogens (tertiary/aromatic N) is 1. The summed E-state index contributed by atoms with van der Waals surface area (Å²) in [6.07, 6.45) is 1.14. The van der Waals surface area contributed by atoms with E-state index in [9.17, 15) is 0 Å². The monoisotopic (exact) mass is 274 g/mol. The molecule has 4 nitrogen and oxygen atoms in total. The van der Waals surface area contributed by atoms with Gasteiger partial charge < -0.3 is 14.8 Å². The normalized spacial score (nSPS) is 15.8. The average molecular weight is 274 g/mol. The van der Waals surface area contributed by atoms with E-state index < -0.39 is 0 Å². The molecule has 0 amide bonds. The lowest BCUT2D eigenvalue weighted by Crippen LogP contribution is -2.44. The van der Waals surface area contributed by atoms with Crippen molar-refractivity contribution in [3.8, 4) is 0 Å². The fourth-order valence-electron chi connectivity index (χ4n) is 2.41. The van der Waals surface area contributed by atoms with Crippen LogP contribution in [0.2, 0.25) is 0 Å². The van der Waals surface area contributed by atoms with E-state index in [0.717, 1.165) is 32.7 Å². The molecule has 4 heteroatoms. The summed E-state index contributed by atoms with van der Waals surface area (Å²) in [6.45, 7) is 12.6. The van der Waals surface area contributed by atoms with Crippen molar-refractivity contribution in [1.82, 2.24) is 10.2 Å². The maximum absolute atomic E-state index is 5.27. The van der Waals surface area contributed by atoms with Crippen molar-refractivity contribution < 1.29 is 9.47 Å². The predicted octanol–water partition coefficient (Wildman–Crippen LogP) is 1.99. The van der Waals surface area contributed by atoms with Gasteiger partial charge in [-0.1, -0.05) is 20.8 Å². The second-order valence-corrected chi connectivity index (χ2v) is 6.33. The molecule has 2 unspecified atom stereocenters. The number of nitrogens with one attached hydrogen (secondary N) is 1. The Morgan fingerprint density at radius 1 is 1.11 bits per heavy atom. The molecule has 0 bridgehead atoms. The van der Waals surface area contributed by atoms with E-state index in [1.165, 1.54) is 0 Å². The molecule has 0 aliphatic rings. The summed E-state index contributed by atoms with van der Waals surface area (Å²) in [6, 6.07) is 0.949. The quantitative estimate of drug-likeness (QED) is 0.660. The van der Waals surface area contributed by atoms with Gasteiger partial charge in [-0.25, -0.2) is 0 Å². The Morgan fingerprint density at radius 3 is 2.16 bits per heavy atom. The molecule has 0 spiro atoms. The van der Waals surface area contributed by atoms with Crippen molar-refractivity contribution in [2.45, 2.75) is 46.2 Å². The largest absolute Gasteiger partial charge is 0.383 e. The topological polar surface area (TPSA) is 33.7 Å². The molecule has 0 aromatic carbocycles. The van der Waals surface area contributed by atoms with Crippen LogP contribution < -0.4 is 5.32 Å². The third-order valence-corrected chi connectivity index (χ3v) is 3.71. The van der Waals surface area contributed by atoms with Crippen molar-refractivity contribution in [1.29, 1.82) is 0 Å². The first kappa shape index (κ1) is 18.8. The van der Waals surface area contributed by atoms with E-state index in [0.29, 0.717) is 12.1 Å². The molecule has 116 valence electrons. The zero-order valence-corrected chi connectivity index (χ0v) is 14.0. The van der Waals surface area contributed by atoms with Crippen LogP contribution in [0, 0.1) is 5.41 Å². The van der Waals surface area contributed by atoms with Crippen molar-refractivity contribution >= 4 is 0 Å². The van der Waals surface area contributed by atoms with Gasteiger partial charge in [-0.3, -0.25) is 4.90 Å². The molecule has 0 aliphatic carbocycles. The van der Waals surface area contributed by atoms with Crippen molar-refractivity contribution in [2.24, 2.45) is 5.41 Å². The standard InChI is InChI=1S/C15H34N2O2/c1-13(12-19-7)17(10-11-18-6)9-8-14(16-5)15(2,3)4/h13-14,16H,8-12H2,1-7H3. The number of rotatable bonds is 10. The molecule has 1 N–H and O–H groups in total. The van der Waals surface area contributed by atoms with E-state index in [2.05, 4.69) is 37.9 Å². The molecule has 0 heterocycles. The third-order valence-electron chi connectivity index (χ3n) is 3.71. The smallest absolute Gasteiger partial charge is 0.0615 e. The maximum atomic E-state index is 5.27. The van der Waals surface area contributed by atoms with Crippen LogP contribution in [-0.4, -0.2) is 64.6 Å². The minimum absolute atomic E-state index is 0.284. The molecule has 19 heavy (non-hydrogen) atoms. The van der Waals surface area contributed by atoms with Gasteiger partial charge in [-0.2, -0.15) is 0 Å². The van der Waals surface area contributed by atoms with Crippen LogP contribution in [0.3, 0.4) is 0 Å². The van der Waals surface area contributed by atoms with E-state index in [1.807, 2.05) is 7.05 Å². The Balaban J connectivity index is 4.37. The van der Waals surface area contributed by atoms with Gasteiger partial charge >= 0.3 is 0 Å². The molecule has 0 aromatic heterocycles. The summed E-state index contributed by atoms with van der Waals surface area (Å²) < 4.78 is 10.5. The summed E-state index contributed by atoms with van der Waals surface area (Å²) in [7, 11) is 5.56. The lowest BCUT2D eigenvalue weighted by molar-refractivity contribution is 0.0692. The lowest BCUT2D eigenvalue weighted by Gasteiger charge is -2.34. The van der Waals surface area contributed by atoms with Crippen LogP contribution in [0.5, 0.6) is 0 Å². The van der Waals surface area contributed by atoms with Crippen LogP contribution in [0.1, 0.15) is 34.1 Å². The second-order valence-electron chi connectivity index (χ2n) is 6.33. The molecule has 0 saturated carbocycles. The van der Waals surface area contributed by atoms with E-state index in [1.54, 1.807) is 14.2 Å². The van der Waals surface area contributed by atoms with Crippen molar-refractivity contribution in [2.75, 3.05) is 47.6 Å². The first-order valence-electron chi connectivity index (χ1n) is 7.26. The summed E-state index contributed by atoms with van der Waals surface area (Å²) in [5, 5.41) is 3.44. The number of ether oxygens (including phenoxy) is 2. The van der Waals surface area contributed by atoms with Crippen molar-refractivity contribution in [3.05, 3.63) is 0 Å². The highest BCUT2D eigenvalue weighted by Crippen LogP contribution is 2.22. The highest BCUT2D eigenvalue weighted by Gasteiger charge is 2.24. The molecule has 0 rings (SSSR count). The molecule has 0 aromatic rings. The molecule has 2 atom stereocenters. The number of methoxy groups -OCH3 is 2. The Kier molecular flexibility index (Phi) is 9.62. The van der Waals surface area contributed by atoms with Gasteiger partial charge in [-0.15, -0.1) is 0 Å². The van der Waals surface area contributed by atoms with Crippen LogP contribution in [0.15, 0.2) is 0 Å². The predicted molar refractivity (Wildman–Crippen MR) is 81.7 cm³/mol. The SMILES string of the molecule is CNC(CCN(CCOC)C(C)COC)C(C)(C)C. The van der Waals surface area contributed by atoms with Gasteiger partial charge in [0.05, 0.1) is 13.2 Å². The highest BCUT2D eigenvalue weighted by atomic mass is 16.5. The Hall–Kier alpha value is -0.160. The Morgan fingerprint density at radius 2 is 1.74 bits per heavy atom. The highest BCUT2D eigenvalue weighted by molar-refractivity contribution is 4.81. The van der Waals surface area contributed by atoms with Crippen molar-refractivity contribution in [3.63, 3.8) is 0 Å². The first-order valence-corrected chi connectivity index (χ1v) is 7.26. The zero-order chi connectivity index (χ0) is 14.9.